The van der Waals surface area contributed by atoms with Crippen molar-refractivity contribution in [1.82, 2.24) is 15.0 Å². The van der Waals surface area contributed by atoms with E-state index in [1.54, 1.807) is 49.5 Å². The molecule has 0 atom stereocenters. The van der Waals surface area contributed by atoms with Crippen molar-refractivity contribution in [2.75, 3.05) is 35.2 Å². The quantitative estimate of drug-likeness (QED) is 0.278. The molecule has 0 saturated heterocycles. The first kappa shape index (κ1) is 28.7. The minimum atomic E-state index is -3.63. The Kier molecular flexibility index (Phi) is 9.54. The maximum absolute atomic E-state index is 15.3. The minimum absolute atomic E-state index is 0.0918. The second kappa shape index (κ2) is 12.6. The van der Waals surface area contributed by atoms with Crippen LogP contribution in [0.5, 0.6) is 0 Å². The zero-order chi connectivity index (χ0) is 27.9. The van der Waals surface area contributed by atoms with Crippen molar-refractivity contribution < 1.29 is 17.5 Å². The highest BCUT2D eigenvalue weighted by atomic mass is 32.2. The number of halogens is 1. The molecule has 0 saturated carbocycles. The summed E-state index contributed by atoms with van der Waals surface area (Å²) in [6.07, 6.45) is 1.99. The summed E-state index contributed by atoms with van der Waals surface area (Å²) in [5.41, 5.74) is 14.6. The second-order valence-electron chi connectivity index (χ2n) is 8.46. The molecule has 0 aliphatic rings. The largest absolute Gasteiger partial charge is 0.384 e. The number of nitrogens with zero attached hydrogens (tertiary/aromatic N) is 3. The number of hydrogen-bond donors (Lipinski definition) is 3. The fourth-order valence-corrected chi connectivity index (χ4v) is 4.91. The first-order valence-electron chi connectivity index (χ1n) is 12.3. The number of fused-ring (bicyclic) bond motifs is 1. The van der Waals surface area contributed by atoms with E-state index in [-0.39, 0.29) is 22.8 Å². The molecule has 4 rings (SSSR count). The number of nitrogen functional groups attached to an aromatic ring is 2. The molecule has 38 heavy (non-hydrogen) atoms. The summed E-state index contributed by atoms with van der Waals surface area (Å²) in [6.45, 7) is 9.25. The predicted octanol–water partition coefficient (Wildman–Crippen LogP) is 5.17. The smallest absolute Gasteiger partial charge is 0.232 e. The van der Waals surface area contributed by atoms with Crippen molar-refractivity contribution in [3.8, 4) is 22.5 Å². The zero-order valence-electron chi connectivity index (χ0n) is 22.0. The summed E-state index contributed by atoms with van der Waals surface area (Å²) in [4.78, 5) is 13.1. The molecule has 0 fully saturated rings. The highest BCUT2D eigenvalue weighted by molar-refractivity contribution is 7.92. The third kappa shape index (κ3) is 6.93. The standard InChI is InChI=1S/C23H23FN6O2S.C4H10O/c1-3-9-33(31,32)30-18-6-4-5-16(20(18)24)15-10-13(2)21-17(11-15)22(26)29-23(28-21)14-7-8-19(25)27-12-14;1-3-5-4-2/h4-8,10-12,30H,3,9H2,1-2H3,(H2,25,27)(H2,26,28,29);3-4H2,1-2H3. The lowest BCUT2D eigenvalue weighted by atomic mass is 9.99. The van der Waals surface area contributed by atoms with Crippen LogP contribution in [0.1, 0.15) is 32.8 Å². The van der Waals surface area contributed by atoms with E-state index in [2.05, 4.69) is 19.7 Å². The van der Waals surface area contributed by atoms with Gasteiger partial charge in [-0.15, -0.1) is 0 Å². The maximum atomic E-state index is 15.3. The molecular weight excluding hydrogens is 507 g/mol. The third-order valence-corrected chi connectivity index (χ3v) is 7.00. The van der Waals surface area contributed by atoms with E-state index in [0.717, 1.165) is 18.8 Å². The van der Waals surface area contributed by atoms with E-state index in [0.29, 0.717) is 40.1 Å². The van der Waals surface area contributed by atoms with Crippen LogP contribution in [0.3, 0.4) is 0 Å². The van der Waals surface area contributed by atoms with E-state index >= 15 is 4.39 Å². The van der Waals surface area contributed by atoms with Gasteiger partial charge in [0.25, 0.3) is 0 Å². The average molecular weight is 541 g/mol. The zero-order valence-corrected chi connectivity index (χ0v) is 22.8. The van der Waals surface area contributed by atoms with Gasteiger partial charge in [0, 0.05) is 35.9 Å². The molecule has 0 radical (unpaired) electrons. The number of benzene rings is 2. The Morgan fingerprint density at radius 2 is 1.74 bits per heavy atom. The van der Waals surface area contributed by atoms with Gasteiger partial charge >= 0.3 is 0 Å². The molecule has 0 aliphatic carbocycles. The van der Waals surface area contributed by atoms with Gasteiger partial charge in [0.2, 0.25) is 10.0 Å². The summed E-state index contributed by atoms with van der Waals surface area (Å²) in [7, 11) is -3.63. The molecular formula is C27H33FN6O3S. The lowest BCUT2D eigenvalue weighted by Crippen LogP contribution is -2.17. The first-order chi connectivity index (χ1) is 18.1. The maximum Gasteiger partial charge on any atom is 0.232 e. The van der Waals surface area contributed by atoms with Gasteiger partial charge in [-0.2, -0.15) is 0 Å². The van der Waals surface area contributed by atoms with Crippen LogP contribution in [0, 0.1) is 12.7 Å². The van der Waals surface area contributed by atoms with Gasteiger partial charge in [-0.1, -0.05) is 19.1 Å². The monoisotopic (exact) mass is 540 g/mol. The van der Waals surface area contributed by atoms with Crippen LogP contribution >= 0.6 is 0 Å². The molecule has 11 heteroatoms. The number of aryl methyl sites for hydroxylation is 1. The summed E-state index contributed by atoms with van der Waals surface area (Å²) in [5.74, 6) is 0.263. The topological polar surface area (TPSA) is 146 Å². The summed E-state index contributed by atoms with van der Waals surface area (Å²) >= 11 is 0. The van der Waals surface area contributed by atoms with Gasteiger partial charge in [0.15, 0.2) is 11.6 Å². The fourth-order valence-electron chi connectivity index (χ4n) is 3.78. The lowest BCUT2D eigenvalue weighted by Gasteiger charge is -2.13. The van der Waals surface area contributed by atoms with Crippen molar-refractivity contribution in [2.45, 2.75) is 34.1 Å². The number of sulfonamides is 1. The van der Waals surface area contributed by atoms with Crippen LogP contribution in [0.25, 0.3) is 33.4 Å². The molecule has 9 nitrogen and oxygen atoms in total. The molecule has 0 aliphatic heterocycles. The van der Waals surface area contributed by atoms with E-state index in [9.17, 15) is 8.42 Å². The Hall–Kier alpha value is -3.83. The Morgan fingerprint density at radius 1 is 1.00 bits per heavy atom. The van der Waals surface area contributed by atoms with Crippen molar-refractivity contribution in [2.24, 2.45) is 0 Å². The predicted molar refractivity (Wildman–Crippen MR) is 152 cm³/mol. The number of hydrogen-bond acceptors (Lipinski definition) is 8. The van der Waals surface area contributed by atoms with Crippen LogP contribution in [0.2, 0.25) is 0 Å². The summed E-state index contributed by atoms with van der Waals surface area (Å²) in [5, 5.41) is 0.563. The number of ether oxygens (including phenoxy) is 1. The molecule has 0 amide bonds. The average Bonchev–Trinajstić information content (AvgIpc) is 2.87. The van der Waals surface area contributed by atoms with Crippen LogP contribution in [-0.2, 0) is 14.8 Å². The molecule has 4 aromatic rings. The minimum Gasteiger partial charge on any atom is -0.384 e. The highest BCUT2D eigenvalue weighted by Crippen LogP contribution is 2.34. The molecule has 2 heterocycles. The van der Waals surface area contributed by atoms with Crippen LogP contribution < -0.4 is 16.2 Å². The number of anilines is 3. The number of nitrogens with one attached hydrogen (secondary N) is 1. The number of pyridine rings is 1. The van der Waals surface area contributed by atoms with Gasteiger partial charge in [-0.25, -0.2) is 27.8 Å². The van der Waals surface area contributed by atoms with Crippen molar-refractivity contribution in [3.05, 3.63) is 60.0 Å². The van der Waals surface area contributed by atoms with Crippen molar-refractivity contribution in [1.29, 1.82) is 0 Å². The van der Waals surface area contributed by atoms with E-state index in [1.165, 1.54) is 6.07 Å². The Labute approximate surface area is 222 Å². The number of nitrogens with two attached hydrogens (primary N) is 2. The SMILES string of the molecule is CCCS(=O)(=O)Nc1cccc(-c2cc(C)c3nc(-c4ccc(N)nc4)nc(N)c3c2)c1F.CCOCC. The van der Waals surface area contributed by atoms with Gasteiger partial charge in [-0.05, 0) is 68.7 Å². The molecule has 5 N–H and O–H groups in total. The Bertz CT molecular complexity index is 1510. The summed E-state index contributed by atoms with van der Waals surface area (Å²) < 4.78 is 46.7. The molecule has 2 aromatic carbocycles. The first-order valence-corrected chi connectivity index (χ1v) is 13.9. The number of rotatable bonds is 8. The Morgan fingerprint density at radius 3 is 2.34 bits per heavy atom. The van der Waals surface area contributed by atoms with Crippen molar-refractivity contribution >= 4 is 38.2 Å². The van der Waals surface area contributed by atoms with Gasteiger partial charge in [0.1, 0.15) is 11.6 Å². The van der Waals surface area contributed by atoms with Gasteiger partial charge in [-0.3, -0.25) is 4.72 Å². The van der Waals surface area contributed by atoms with E-state index in [1.807, 2.05) is 20.8 Å². The molecule has 202 valence electrons. The van der Waals surface area contributed by atoms with Crippen molar-refractivity contribution in [3.63, 3.8) is 0 Å². The van der Waals surface area contributed by atoms with Crippen LogP contribution in [0.4, 0.5) is 21.7 Å². The molecule has 2 aromatic heterocycles. The third-order valence-electron chi connectivity index (χ3n) is 5.52. The molecule has 0 spiro atoms. The molecule has 0 unspecified atom stereocenters. The normalized spacial score (nSPS) is 11.2. The highest BCUT2D eigenvalue weighted by Gasteiger charge is 2.17. The van der Waals surface area contributed by atoms with Crippen LogP contribution in [0.15, 0.2) is 48.7 Å². The van der Waals surface area contributed by atoms with Crippen LogP contribution in [-0.4, -0.2) is 42.3 Å². The van der Waals surface area contributed by atoms with Gasteiger partial charge < -0.3 is 16.2 Å². The van der Waals surface area contributed by atoms with E-state index in [4.69, 9.17) is 16.2 Å². The lowest BCUT2D eigenvalue weighted by molar-refractivity contribution is 0.162. The fraction of sp³-hybridized carbons (Fsp3) is 0.296. The van der Waals surface area contributed by atoms with E-state index < -0.39 is 15.8 Å². The molecule has 0 bridgehead atoms. The Balaban J connectivity index is 0.000000732. The summed E-state index contributed by atoms with van der Waals surface area (Å²) in [6, 6.07) is 11.5. The number of aromatic nitrogens is 3. The second-order valence-corrected chi connectivity index (χ2v) is 10.3. The van der Waals surface area contributed by atoms with Gasteiger partial charge in [0.05, 0.1) is 17.0 Å².